The van der Waals surface area contributed by atoms with E-state index in [2.05, 4.69) is 4.90 Å². The fraction of sp³-hybridized carbons (Fsp3) is 0.750. The largest absolute Gasteiger partial charge is 0.477 e. The zero-order valence-electron chi connectivity index (χ0n) is 12.9. The molecule has 1 N–H and O–H groups in total. The third-order valence-corrected chi connectivity index (χ3v) is 5.75. The molecule has 0 spiro atoms. The monoisotopic (exact) mass is 324 g/mol. The topological polar surface area (TPSA) is 62.7 Å². The third-order valence-electron chi connectivity index (χ3n) is 4.63. The first-order chi connectivity index (χ1) is 10.7. The van der Waals surface area contributed by atoms with Crippen LogP contribution in [-0.4, -0.2) is 53.8 Å². The van der Waals surface area contributed by atoms with Gasteiger partial charge in [-0.3, -0.25) is 4.90 Å². The number of carboxylic acids is 1. The summed E-state index contributed by atoms with van der Waals surface area (Å²) in [6, 6.07) is 0. The minimum atomic E-state index is -0.810. The summed E-state index contributed by atoms with van der Waals surface area (Å²) in [5.41, 5.74) is 0.856. The predicted octanol–water partition coefficient (Wildman–Crippen LogP) is 2.76. The number of thiazole rings is 1. The molecule has 6 heteroatoms. The lowest BCUT2D eigenvalue weighted by Gasteiger charge is -2.26. The van der Waals surface area contributed by atoms with Crippen LogP contribution in [0.5, 0.6) is 0 Å². The Hall–Kier alpha value is -0.980. The van der Waals surface area contributed by atoms with Gasteiger partial charge in [-0.1, -0.05) is 19.3 Å². The Balaban J connectivity index is 1.67. The maximum atomic E-state index is 11.5. The Morgan fingerprint density at radius 1 is 1.27 bits per heavy atom. The van der Waals surface area contributed by atoms with E-state index in [0.29, 0.717) is 10.8 Å². The molecule has 0 unspecified atom stereocenters. The van der Waals surface area contributed by atoms with E-state index >= 15 is 0 Å². The van der Waals surface area contributed by atoms with Gasteiger partial charge in [-0.25, -0.2) is 9.78 Å². The second-order valence-electron chi connectivity index (χ2n) is 6.17. The van der Waals surface area contributed by atoms with Crippen LogP contribution < -0.4 is 0 Å². The van der Waals surface area contributed by atoms with Crippen molar-refractivity contribution in [1.82, 2.24) is 9.88 Å². The van der Waals surface area contributed by atoms with Gasteiger partial charge in [0.25, 0.3) is 0 Å². The van der Waals surface area contributed by atoms with Crippen molar-refractivity contribution in [1.29, 1.82) is 0 Å². The van der Waals surface area contributed by atoms with E-state index < -0.39 is 5.97 Å². The van der Waals surface area contributed by atoms with E-state index in [4.69, 9.17) is 9.72 Å². The number of carboxylic acid groups (broad SMARTS) is 1. The molecule has 0 radical (unpaired) electrons. The highest BCUT2D eigenvalue weighted by atomic mass is 32.1. The fourth-order valence-corrected chi connectivity index (χ4v) is 4.35. The molecular weight excluding hydrogens is 300 g/mol. The Bertz CT molecular complexity index is 505. The number of morpholine rings is 1. The molecule has 0 amide bonds. The van der Waals surface area contributed by atoms with E-state index in [-0.39, 0.29) is 0 Å². The summed E-state index contributed by atoms with van der Waals surface area (Å²) >= 11 is 1.38. The van der Waals surface area contributed by atoms with Gasteiger partial charge in [-0.05, 0) is 12.8 Å². The van der Waals surface area contributed by atoms with Crippen molar-refractivity contribution in [2.75, 3.05) is 32.8 Å². The van der Waals surface area contributed by atoms with Crippen LogP contribution in [-0.2, 0) is 11.2 Å². The van der Waals surface area contributed by atoms with Crippen LogP contribution >= 0.6 is 11.3 Å². The number of rotatable bonds is 5. The zero-order valence-corrected chi connectivity index (χ0v) is 13.7. The standard InChI is InChI=1S/C16H24N2O3S/c19-16(20)15-14(12-4-2-1-3-5-12)17-13(22-15)6-7-18-8-10-21-11-9-18/h12H,1-11H2,(H,19,20). The zero-order chi connectivity index (χ0) is 15.4. The molecule has 2 fully saturated rings. The molecule has 22 heavy (non-hydrogen) atoms. The van der Waals surface area contributed by atoms with Gasteiger partial charge in [-0.15, -0.1) is 11.3 Å². The summed E-state index contributed by atoms with van der Waals surface area (Å²) in [5.74, 6) is -0.455. The van der Waals surface area contributed by atoms with Crippen LogP contribution in [0.25, 0.3) is 0 Å². The Morgan fingerprint density at radius 3 is 2.68 bits per heavy atom. The van der Waals surface area contributed by atoms with Crippen LogP contribution in [0.2, 0.25) is 0 Å². The number of carbonyl (C=O) groups is 1. The van der Waals surface area contributed by atoms with Gasteiger partial charge in [-0.2, -0.15) is 0 Å². The molecule has 122 valence electrons. The van der Waals surface area contributed by atoms with Crippen LogP contribution in [0.15, 0.2) is 0 Å². The molecule has 5 nitrogen and oxygen atoms in total. The number of ether oxygens (including phenoxy) is 1. The highest BCUT2D eigenvalue weighted by Gasteiger charge is 2.26. The van der Waals surface area contributed by atoms with Crippen molar-refractivity contribution >= 4 is 17.3 Å². The number of hydrogen-bond donors (Lipinski definition) is 1. The summed E-state index contributed by atoms with van der Waals surface area (Å²) in [4.78, 5) is 19.1. The number of aromatic carboxylic acids is 1. The summed E-state index contributed by atoms with van der Waals surface area (Å²) in [6.07, 6.45) is 6.69. The highest BCUT2D eigenvalue weighted by molar-refractivity contribution is 7.13. The van der Waals surface area contributed by atoms with Crippen LogP contribution in [0.3, 0.4) is 0 Å². The van der Waals surface area contributed by atoms with E-state index in [0.717, 1.165) is 62.8 Å². The van der Waals surface area contributed by atoms with E-state index in [1.165, 1.54) is 30.6 Å². The van der Waals surface area contributed by atoms with E-state index in [9.17, 15) is 9.90 Å². The highest BCUT2D eigenvalue weighted by Crippen LogP contribution is 2.36. The van der Waals surface area contributed by atoms with Crippen molar-refractivity contribution in [3.8, 4) is 0 Å². The van der Waals surface area contributed by atoms with Crippen molar-refractivity contribution in [3.05, 3.63) is 15.6 Å². The van der Waals surface area contributed by atoms with Gasteiger partial charge >= 0.3 is 5.97 Å². The Kier molecular flexibility index (Phi) is 5.44. The summed E-state index contributed by atoms with van der Waals surface area (Å²) < 4.78 is 5.35. The minimum Gasteiger partial charge on any atom is -0.477 e. The third kappa shape index (κ3) is 3.86. The van der Waals surface area contributed by atoms with Gasteiger partial charge in [0.15, 0.2) is 0 Å². The summed E-state index contributed by atoms with van der Waals surface area (Å²) in [6.45, 7) is 4.47. The first-order valence-electron chi connectivity index (χ1n) is 8.27. The maximum Gasteiger partial charge on any atom is 0.347 e. The second kappa shape index (κ2) is 7.53. The molecule has 1 aliphatic heterocycles. The van der Waals surface area contributed by atoms with Crippen LogP contribution in [0.4, 0.5) is 0 Å². The van der Waals surface area contributed by atoms with Gasteiger partial charge in [0.1, 0.15) is 4.88 Å². The molecule has 1 saturated carbocycles. The molecule has 0 aromatic carbocycles. The molecule has 0 bridgehead atoms. The van der Waals surface area contributed by atoms with Crippen molar-refractivity contribution in [3.63, 3.8) is 0 Å². The van der Waals surface area contributed by atoms with Crippen molar-refractivity contribution in [2.24, 2.45) is 0 Å². The molecule has 1 aliphatic carbocycles. The smallest absolute Gasteiger partial charge is 0.347 e. The molecule has 3 rings (SSSR count). The first-order valence-corrected chi connectivity index (χ1v) is 9.08. The fourth-order valence-electron chi connectivity index (χ4n) is 3.37. The van der Waals surface area contributed by atoms with E-state index in [1.807, 2.05) is 0 Å². The van der Waals surface area contributed by atoms with Gasteiger partial charge < -0.3 is 9.84 Å². The number of nitrogens with zero attached hydrogens (tertiary/aromatic N) is 2. The van der Waals surface area contributed by atoms with Gasteiger partial charge in [0.05, 0.1) is 23.9 Å². The van der Waals surface area contributed by atoms with E-state index in [1.54, 1.807) is 0 Å². The first kappa shape index (κ1) is 15.9. The van der Waals surface area contributed by atoms with Crippen molar-refractivity contribution in [2.45, 2.75) is 44.4 Å². The molecule has 1 aromatic rings. The van der Waals surface area contributed by atoms with Crippen LogP contribution in [0, 0.1) is 0 Å². The average Bonchev–Trinajstić information content (AvgIpc) is 2.99. The lowest BCUT2D eigenvalue weighted by Crippen LogP contribution is -2.37. The lowest BCUT2D eigenvalue weighted by atomic mass is 9.86. The van der Waals surface area contributed by atoms with Gasteiger partial charge in [0, 0.05) is 32.0 Å². The molecule has 1 aromatic heterocycles. The lowest BCUT2D eigenvalue weighted by molar-refractivity contribution is 0.0384. The summed E-state index contributed by atoms with van der Waals surface area (Å²) in [7, 11) is 0. The van der Waals surface area contributed by atoms with Gasteiger partial charge in [0.2, 0.25) is 0 Å². The Morgan fingerprint density at radius 2 is 2.00 bits per heavy atom. The normalized spacial score (nSPS) is 21.1. The van der Waals surface area contributed by atoms with Crippen LogP contribution in [0.1, 0.15) is 58.4 Å². The average molecular weight is 324 g/mol. The SMILES string of the molecule is O=C(O)c1sc(CCN2CCOCC2)nc1C1CCCCC1. The number of aromatic nitrogens is 1. The molecule has 2 aliphatic rings. The Labute approximate surface area is 135 Å². The quantitative estimate of drug-likeness (QED) is 0.902. The minimum absolute atomic E-state index is 0.355. The maximum absolute atomic E-state index is 11.5. The second-order valence-corrected chi connectivity index (χ2v) is 7.25. The van der Waals surface area contributed by atoms with Crippen molar-refractivity contribution < 1.29 is 14.6 Å². The summed E-state index contributed by atoms with van der Waals surface area (Å²) in [5, 5.41) is 10.4. The molecule has 0 atom stereocenters. The molecule has 2 heterocycles. The molecule has 1 saturated heterocycles. The number of hydrogen-bond acceptors (Lipinski definition) is 5. The molecular formula is C16H24N2O3S. The predicted molar refractivity (Wildman–Crippen MR) is 85.9 cm³/mol.